The van der Waals surface area contributed by atoms with Gasteiger partial charge in [-0.15, -0.1) is 0 Å². The van der Waals surface area contributed by atoms with Gasteiger partial charge in [0.25, 0.3) is 0 Å². The van der Waals surface area contributed by atoms with Crippen molar-refractivity contribution in [2.75, 3.05) is 45.8 Å². The second-order valence-electron chi connectivity index (χ2n) is 9.27. The molecule has 180 valence electrons. The van der Waals surface area contributed by atoms with Crippen molar-refractivity contribution in [1.29, 1.82) is 0 Å². The van der Waals surface area contributed by atoms with Gasteiger partial charge in [0.15, 0.2) is 5.82 Å². The van der Waals surface area contributed by atoms with Crippen molar-refractivity contribution in [3.8, 4) is 5.75 Å². The van der Waals surface area contributed by atoms with Gasteiger partial charge in [0.2, 0.25) is 5.91 Å². The highest BCUT2D eigenvalue weighted by atomic mass is 19.1. The number of carbonyl (C=O) groups is 1. The standard InChI is InChI=1S/C24H33FN4O4/c1-28(2)23(30)13-18-4-5-19(14-21(18)25)32-11-8-17-12-20(17)16-6-9-29(10-7-16)24-26-22(15-31-3)27-33-24/h4-5,14,16-17,20H,6-13,15H2,1-3H3/t17-,20+/m0/s1. The maximum Gasteiger partial charge on any atom is 0.324 e. The molecule has 2 fully saturated rings. The maximum absolute atomic E-state index is 14.3. The van der Waals surface area contributed by atoms with Crippen LogP contribution in [0, 0.1) is 23.6 Å². The Morgan fingerprint density at radius 3 is 2.79 bits per heavy atom. The predicted molar refractivity (Wildman–Crippen MR) is 120 cm³/mol. The molecule has 33 heavy (non-hydrogen) atoms. The molecule has 1 amide bonds. The van der Waals surface area contributed by atoms with Crippen molar-refractivity contribution >= 4 is 11.9 Å². The van der Waals surface area contributed by atoms with E-state index in [-0.39, 0.29) is 12.3 Å². The van der Waals surface area contributed by atoms with Gasteiger partial charge in [0.1, 0.15) is 18.2 Å². The van der Waals surface area contributed by atoms with E-state index in [9.17, 15) is 9.18 Å². The van der Waals surface area contributed by atoms with Crippen LogP contribution in [0.25, 0.3) is 0 Å². The molecule has 2 aromatic rings. The highest BCUT2D eigenvalue weighted by molar-refractivity contribution is 5.78. The van der Waals surface area contributed by atoms with Crippen LogP contribution < -0.4 is 9.64 Å². The number of nitrogens with zero attached hydrogens (tertiary/aromatic N) is 4. The largest absolute Gasteiger partial charge is 0.493 e. The van der Waals surface area contributed by atoms with Crippen LogP contribution in [0.2, 0.25) is 0 Å². The second-order valence-corrected chi connectivity index (χ2v) is 9.27. The van der Waals surface area contributed by atoms with Gasteiger partial charge in [-0.25, -0.2) is 4.39 Å². The molecule has 4 rings (SSSR count). The molecule has 2 aliphatic rings. The molecule has 1 aromatic heterocycles. The number of rotatable bonds is 10. The summed E-state index contributed by atoms with van der Waals surface area (Å²) in [5, 5.41) is 3.94. The van der Waals surface area contributed by atoms with Crippen LogP contribution in [0.15, 0.2) is 22.7 Å². The summed E-state index contributed by atoms with van der Waals surface area (Å²) in [7, 11) is 4.95. The van der Waals surface area contributed by atoms with Crippen LogP contribution in [0.5, 0.6) is 5.75 Å². The van der Waals surface area contributed by atoms with Gasteiger partial charge < -0.3 is 23.8 Å². The Bertz CT molecular complexity index is 942. The zero-order valence-electron chi connectivity index (χ0n) is 19.6. The lowest BCUT2D eigenvalue weighted by Gasteiger charge is -2.30. The average Bonchev–Trinajstić information content (AvgIpc) is 3.42. The number of hydrogen-bond donors (Lipinski definition) is 0. The lowest BCUT2D eigenvalue weighted by molar-refractivity contribution is -0.128. The first-order valence-electron chi connectivity index (χ1n) is 11.6. The summed E-state index contributed by atoms with van der Waals surface area (Å²) in [6.07, 6.45) is 4.54. The van der Waals surface area contributed by atoms with E-state index in [1.165, 1.54) is 17.4 Å². The average molecular weight is 461 g/mol. The summed E-state index contributed by atoms with van der Waals surface area (Å²) >= 11 is 0. The predicted octanol–water partition coefficient (Wildman–Crippen LogP) is 3.31. The number of aromatic nitrogens is 2. The number of ether oxygens (including phenoxy) is 2. The van der Waals surface area contributed by atoms with E-state index >= 15 is 0 Å². The van der Waals surface area contributed by atoms with Crippen LogP contribution in [-0.2, 0) is 22.6 Å². The molecule has 1 aliphatic heterocycles. The molecule has 1 aliphatic carbocycles. The van der Waals surface area contributed by atoms with Crippen molar-refractivity contribution in [3.63, 3.8) is 0 Å². The van der Waals surface area contributed by atoms with Crippen molar-refractivity contribution in [3.05, 3.63) is 35.4 Å². The monoisotopic (exact) mass is 460 g/mol. The van der Waals surface area contributed by atoms with Crippen LogP contribution in [-0.4, -0.2) is 61.8 Å². The topological polar surface area (TPSA) is 80.9 Å². The molecular formula is C24H33FN4O4. The quantitative estimate of drug-likeness (QED) is 0.538. The number of benzene rings is 1. The van der Waals surface area contributed by atoms with Gasteiger partial charge in [0.05, 0.1) is 13.0 Å². The van der Waals surface area contributed by atoms with Crippen molar-refractivity contribution in [1.82, 2.24) is 15.0 Å². The number of amides is 1. The maximum atomic E-state index is 14.3. The first kappa shape index (κ1) is 23.5. The first-order valence-corrected chi connectivity index (χ1v) is 11.6. The Hall–Kier alpha value is -2.68. The summed E-state index contributed by atoms with van der Waals surface area (Å²) < 4.78 is 30.5. The number of carbonyl (C=O) groups excluding carboxylic acids is 1. The molecule has 0 N–H and O–H groups in total. The third kappa shape index (κ3) is 6.01. The molecule has 2 atom stereocenters. The Morgan fingerprint density at radius 2 is 2.09 bits per heavy atom. The lowest BCUT2D eigenvalue weighted by atomic mass is 9.90. The minimum Gasteiger partial charge on any atom is -0.493 e. The zero-order chi connectivity index (χ0) is 23.4. The summed E-state index contributed by atoms with van der Waals surface area (Å²) in [5.41, 5.74) is 0.394. The third-order valence-corrected chi connectivity index (χ3v) is 6.75. The van der Waals surface area contributed by atoms with Gasteiger partial charge >= 0.3 is 6.01 Å². The van der Waals surface area contributed by atoms with Gasteiger partial charge in [0, 0.05) is 40.4 Å². The molecule has 8 nitrogen and oxygen atoms in total. The normalized spacial score (nSPS) is 20.7. The summed E-state index contributed by atoms with van der Waals surface area (Å²) in [5.74, 6) is 2.73. The van der Waals surface area contributed by atoms with E-state index in [4.69, 9.17) is 14.0 Å². The SMILES string of the molecule is COCc1noc(N2CCC([C@H]3C[C@@H]3CCOc3ccc(CC(=O)N(C)C)c(F)c3)CC2)n1. The first-order chi connectivity index (χ1) is 15.9. The number of piperidine rings is 1. The Labute approximate surface area is 194 Å². The lowest BCUT2D eigenvalue weighted by Crippen LogP contribution is -2.34. The van der Waals surface area contributed by atoms with E-state index in [0.29, 0.717) is 42.3 Å². The Kier molecular flexibility index (Phi) is 7.47. The van der Waals surface area contributed by atoms with Crippen LogP contribution in [0.4, 0.5) is 10.4 Å². The molecular weight excluding hydrogens is 427 g/mol. The van der Waals surface area contributed by atoms with Crippen LogP contribution in [0.1, 0.15) is 37.1 Å². The highest BCUT2D eigenvalue weighted by Crippen LogP contribution is 2.49. The minimum absolute atomic E-state index is 0.0580. The fraction of sp³-hybridized carbons (Fsp3) is 0.625. The molecule has 0 unspecified atom stereocenters. The van der Waals surface area contributed by atoms with Gasteiger partial charge in [-0.1, -0.05) is 11.2 Å². The van der Waals surface area contributed by atoms with Crippen LogP contribution in [0.3, 0.4) is 0 Å². The molecule has 9 heteroatoms. The van der Waals surface area contributed by atoms with E-state index in [2.05, 4.69) is 15.0 Å². The van der Waals surface area contributed by atoms with E-state index in [0.717, 1.165) is 44.2 Å². The van der Waals surface area contributed by atoms with Gasteiger partial charge in [-0.3, -0.25) is 4.79 Å². The molecule has 0 radical (unpaired) electrons. The summed E-state index contributed by atoms with van der Waals surface area (Å²) in [4.78, 5) is 19.8. The fourth-order valence-corrected chi connectivity index (χ4v) is 4.67. The van der Waals surface area contributed by atoms with Crippen LogP contribution >= 0.6 is 0 Å². The van der Waals surface area contributed by atoms with E-state index in [1.54, 1.807) is 33.3 Å². The molecule has 1 saturated carbocycles. The number of halogens is 1. The van der Waals surface area contributed by atoms with Gasteiger partial charge in [-0.05, 0) is 55.1 Å². The summed E-state index contributed by atoms with van der Waals surface area (Å²) in [6.45, 7) is 2.81. The molecule has 0 bridgehead atoms. The Balaban J connectivity index is 1.16. The number of likely N-dealkylation sites (N-methyl/N-ethyl adjacent to an activating group) is 1. The molecule has 2 heterocycles. The minimum atomic E-state index is -0.394. The van der Waals surface area contributed by atoms with Crippen molar-refractivity contribution in [2.24, 2.45) is 17.8 Å². The second kappa shape index (κ2) is 10.5. The molecule has 0 spiro atoms. The number of hydrogen-bond acceptors (Lipinski definition) is 7. The third-order valence-electron chi connectivity index (χ3n) is 6.75. The highest BCUT2D eigenvalue weighted by Gasteiger charge is 2.43. The van der Waals surface area contributed by atoms with Gasteiger partial charge in [-0.2, -0.15) is 4.98 Å². The fourth-order valence-electron chi connectivity index (χ4n) is 4.67. The Morgan fingerprint density at radius 1 is 1.30 bits per heavy atom. The number of anilines is 1. The van der Waals surface area contributed by atoms with E-state index < -0.39 is 5.82 Å². The zero-order valence-corrected chi connectivity index (χ0v) is 19.6. The molecule has 1 aromatic carbocycles. The number of methoxy groups -OCH3 is 1. The molecule has 1 saturated heterocycles. The summed E-state index contributed by atoms with van der Waals surface area (Å²) in [6, 6.07) is 5.36. The van der Waals surface area contributed by atoms with E-state index in [1.807, 2.05) is 0 Å². The van der Waals surface area contributed by atoms with Crippen molar-refractivity contribution in [2.45, 2.75) is 38.7 Å². The smallest absolute Gasteiger partial charge is 0.324 e. The van der Waals surface area contributed by atoms with Crippen molar-refractivity contribution < 1.29 is 23.2 Å².